The number of carbonyl (C=O) groups excluding carboxylic acids is 1. The summed E-state index contributed by atoms with van der Waals surface area (Å²) in [6, 6.07) is 11.0. The predicted molar refractivity (Wildman–Crippen MR) is 196 cm³/mol. The van der Waals surface area contributed by atoms with Gasteiger partial charge in [-0.1, -0.05) is 38.1 Å². The van der Waals surface area contributed by atoms with Crippen LogP contribution in [0.3, 0.4) is 0 Å². The van der Waals surface area contributed by atoms with Crippen molar-refractivity contribution in [1.82, 2.24) is 20.6 Å². The van der Waals surface area contributed by atoms with E-state index in [9.17, 15) is 36.3 Å². The molecule has 16 heteroatoms. The Morgan fingerprint density at radius 2 is 1.56 bits per heavy atom. The van der Waals surface area contributed by atoms with Crippen molar-refractivity contribution in [1.29, 1.82) is 0 Å². The molecule has 54 heavy (non-hydrogen) atoms. The van der Waals surface area contributed by atoms with Gasteiger partial charge < -0.3 is 25.2 Å². The number of sulfonamides is 1. The molecule has 2 aromatic carbocycles. The lowest BCUT2D eigenvalue weighted by molar-refractivity contribution is -0.216. The molecule has 1 aromatic heterocycles. The van der Waals surface area contributed by atoms with Gasteiger partial charge in [-0.3, -0.25) is 0 Å². The smallest absolute Gasteiger partial charge is 0.407 e. The Labute approximate surface area is 313 Å². The van der Waals surface area contributed by atoms with Crippen molar-refractivity contribution >= 4 is 28.0 Å². The number of hydrogen-bond acceptors (Lipinski definition) is 9. The topological polar surface area (TPSA) is 169 Å². The van der Waals surface area contributed by atoms with Crippen LogP contribution in [-0.4, -0.2) is 72.1 Å². The van der Waals surface area contributed by atoms with Gasteiger partial charge in [-0.05, 0) is 101 Å². The molecule has 294 valence electrons. The Morgan fingerprint density at radius 1 is 0.944 bits per heavy atom. The molecule has 1 unspecified atom stereocenters. The van der Waals surface area contributed by atoms with E-state index >= 15 is 0 Å². The van der Waals surface area contributed by atoms with Crippen molar-refractivity contribution in [3.63, 3.8) is 0 Å². The van der Waals surface area contributed by atoms with E-state index in [1.54, 1.807) is 20.8 Å². The average Bonchev–Trinajstić information content (AvgIpc) is 2.99. The number of aryl methyl sites for hydroxylation is 2. The van der Waals surface area contributed by atoms with Gasteiger partial charge in [0.1, 0.15) is 12.2 Å². The maximum atomic E-state index is 14.1. The molecule has 5 rings (SSSR count). The number of rotatable bonds is 13. The molecular formula is C38H48F3N5O7S. The highest BCUT2D eigenvalue weighted by atomic mass is 32.2. The molecule has 12 nitrogen and oxygen atoms in total. The van der Waals surface area contributed by atoms with Crippen LogP contribution in [0.2, 0.25) is 0 Å². The third-order valence-electron chi connectivity index (χ3n) is 9.92. The van der Waals surface area contributed by atoms with Crippen LogP contribution in [-0.2, 0) is 14.8 Å². The molecule has 0 bridgehead atoms. The molecule has 3 aromatic rings. The number of aromatic nitrogens is 2. The van der Waals surface area contributed by atoms with Crippen molar-refractivity contribution in [2.45, 2.75) is 115 Å². The summed E-state index contributed by atoms with van der Waals surface area (Å²) in [6.45, 7) is 11.1. The molecule has 0 saturated heterocycles. The van der Waals surface area contributed by atoms with Gasteiger partial charge in [-0.2, -0.15) is 18.2 Å². The first-order valence-corrected chi connectivity index (χ1v) is 19.2. The number of carboxylic acids is 1. The van der Waals surface area contributed by atoms with Gasteiger partial charge in [0.05, 0.1) is 21.6 Å². The molecule has 2 aliphatic carbocycles. The van der Waals surface area contributed by atoms with Crippen LogP contribution in [0.1, 0.15) is 88.2 Å². The number of halogens is 3. The number of alkyl carbamates (subject to hydrolysis) is 1. The Morgan fingerprint density at radius 3 is 2.15 bits per heavy atom. The summed E-state index contributed by atoms with van der Waals surface area (Å²) < 4.78 is 82.9. The van der Waals surface area contributed by atoms with E-state index in [-0.39, 0.29) is 52.8 Å². The molecule has 0 radical (unpaired) electrons. The van der Waals surface area contributed by atoms with E-state index in [4.69, 9.17) is 9.47 Å². The molecule has 2 aliphatic rings. The minimum Gasteiger partial charge on any atom is -0.478 e. The summed E-state index contributed by atoms with van der Waals surface area (Å²) in [6.07, 6.45) is -2.32. The van der Waals surface area contributed by atoms with E-state index < -0.39 is 45.3 Å². The number of aromatic carboxylic acids is 1. The van der Waals surface area contributed by atoms with Crippen molar-refractivity contribution in [2.75, 3.05) is 11.3 Å². The summed E-state index contributed by atoms with van der Waals surface area (Å²) in [5, 5.41) is 15.6. The van der Waals surface area contributed by atoms with Crippen LogP contribution in [0.15, 0.2) is 53.4 Å². The summed E-state index contributed by atoms with van der Waals surface area (Å²) in [5.74, 6) is -1.75. The van der Waals surface area contributed by atoms with Gasteiger partial charge in [0.25, 0.3) is 10.0 Å². The van der Waals surface area contributed by atoms with E-state index in [1.165, 1.54) is 24.3 Å². The van der Waals surface area contributed by atoms with E-state index in [0.29, 0.717) is 11.3 Å². The second-order valence-corrected chi connectivity index (χ2v) is 17.9. The van der Waals surface area contributed by atoms with Crippen LogP contribution in [0.25, 0.3) is 11.3 Å². The van der Waals surface area contributed by atoms with E-state index in [2.05, 4.69) is 25.3 Å². The Bertz CT molecular complexity index is 1970. The lowest BCUT2D eigenvalue weighted by Gasteiger charge is -2.58. The molecule has 1 amide bonds. The highest BCUT2D eigenvalue weighted by Crippen LogP contribution is 2.56. The summed E-state index contributed by atoms with van der Waals surface area (Å²) >= 11 is 0. The lowest BCUT2D eigenvalue weighted by atomic mass is 9.52. The van der Waals surface area contributed by atoms with Gasteiger partial charge in [0, 0.05) is 29.8 Å². The zero-order chi connectivity index (χ0) is 39.9. The van der Waals surface area contributed by atoms with Gasteiger partial charge in [-0.25, -0.2) is 27.7 Å². The predicted octanol–water partition coefficient (Wildman–Crippen LogP) is 7.41. The minimum absolute atomic E-state index is 0.00863. The fourth-order valence-electron chi connectivity index (χ4n) is 7.28. The van der Waals surface area contributed by atoms with E-state index in [0.717, 1.165) is 56.7 Å². The van der Waals surface area contributed by atoms with Gasteiger partial charge in [-0.15, -0.1) is 0 Å². The number of hydrogen-bond donors (Lipinski definition) is 4. The fraction of sp³-hybridized carbons (Fsp3) is 0.526. The standard InChI is InChI=1S/C38H48F3N5O7S/c1-22-10-8-11-23(2)31(22)29-15-30(45-33(44-29)46-54(50,51)28-13-9-12-24(14-28)32(47)48)52-21-27(16-36(6,7)38(39,40)41)42-25-17-37(18-25)19-26(20-37)43-34(49)53-35(3,4)5/h8-15,25-27,42H,16-21H2,1-7H3,(H,43,49)(H,47,48)(H,44,45,46). The number of amides is 1. The third kappa shape index (κ3) is 9.80. The molecule has 1 atom stereocenters. The van der Waals surface area contributed by atoms with Crippen molar-refractivity contribution in [3.8, 4) is 17.1 Å². The first kappa shape index (κ1) is 40.7. The SMILES string of the molecule is Cc1cccc(C)c1-c1cc(OCC(CC(C)(C)C(F)(F)F)NC2CC3(CC(NC(=O)OC(C)(C)C)C3)C2)nc(NS(=O)(=O)c2cccc(C(=O)O)c2)n1. The number of alkyl halides is 3. The molecule has 0 aliphatic heterocycles. The molecule has 4 N–H and O–H groups in total. The van der Waals surface area contributed by atoms with Gasteiger partial charge in [0.15, 0.2) is 0 Å². The Hall–Kier alpha value is -4.44. The normalized spacial score (nSPS) is 20.7. The minimum atomic E-state index is -4.49. The molecule has 2 fully saturated rings. The van der Waals surface area contributed by atoms with Crippen LogP contribution in [0.4, 0.5) is 23.9 Å². The maximum absolute atomic E-state index is 14.1. The van der Waals surface area contributed by atoms with Crippen molar-refractivity contribution < 1.29 is 45.8 Å². The van der Waals surface area contributed by atoms with E-state index in [1.807, 2.05) is 32.0 Å². The van der Waals surface area contributed by atoms with Crippen molar-refractivity contribution in [2.24, 2.45) is 10.8 Å². The zero-order valence-corrected chi connectivity index (χ0v) is 32.2. The molecule has 1 spiro atoms. The maximum Gasteiger partial charge on any atom is 0.407 e. The highest BCUT2D eigenvalue weighted by molar-refractivity contribution is 7.92. The van der Waals surface area contributed by atoms with Gasteiger partial charge in [0.2, 0.25) is 11.8 Å². The quantitative estimate of drug-likeness (QED) is 0.137. The second-order valence-electron chi connectivity index (χ2n) is 16.2. The lowest BCUT2D eigenvalue weighted by Crippen LogP contribution is -2.62. The van der Waals surface area contributed by atoms with Gasteiger partial charge >= 0.3 is 18.2 Å². The summed E-state index contributed by atoms with van der Waals surface area (Å²) in [4.78, 5) is 32.1. The second kappa shape index (κ2) is 15.0. The van der Waals surface area contributed by atoms with Crippen LogP contribution < -0.4 is 20.1 Å². The van der Waals surface area contributed by atoms with Crippen LogP contribution in [0, 0.1) is 24.7 Å². The summed E-state index contributed by atoms with van der Waals surface area (Å²) in [7, 11) is -4.38. The Balaban J connectivity index is 1.35. The average molecular weight is 776 g/mol. The summed E-state index contributed by atoms with van der Waals surface area (Å²) in [5.41, 5.74) is -0.268. The fourth-order valence-corrected chi connectivity index (χ4v) is 8.27. The number of carbonyl (C=O) groups is 2. The zero-order valence-electron chi connectivity index (χ0n) is 31.4. The third-order valence-corrected chi connectivity index (χ3v) is 11.2. The number of benzene rings is 2. The Kier molecular flexibility index (Phi) is 11.3. The van der Waals surface area contributed by atoms with Crippen LogP contribution in [0.5, 0.6) is 5.88 Å². The van der Waals surface area contributed by atoms with Crippen LogP contribution >= 0.6 is 0 Å². The number of carboxylic acid groups (broad SMARTS) is 1. The highest BCUT2D eigenvalue weighted by Gasteiger charge is 2.54. The number of nitrogens with zero attached hydrogens (tertiary/aromatic N) is 2. The number of nitrogens with one attached hydrogen (secondary N) is 3. The number of anilines is 1. The van der Waals surface area contributed by atoms with Crippen molar-refractivity contribution in [3.05, 3.63) is 65.2 Å². The molecular weight excluding hydrogens is 728 g/mol. The first-order chi connectivity index (χ1) is 24.9. The largest absolute Gasteiger partial charge is 0.478 e. The first-order valence-electron chi connectivity index (χ1n) is 17.7. The molecule has 1 heterocycles. The monoisotopic (exact) mass is 775 g/mol. The number of ether oxygens (including phenoxy) is 2. The molecule has 2 saturated carbocycles.